The number of carbonyl (C=O) groups excluding carboxylic acids is 2. The molecule has 2 aliphatic heterocycles. The van der Waals surface area contributed by atoms with Gasteiger partial charge in [0.2, 0.25) is 5.91 Å². The number of thioether (sulfide) groups is 1. The van der Waals surface area contributed by atoms with Gasteiger partial charge >= 0.3 is 0 Å². The fourth-order valence-electron chi connectivity index (χ4n) is 2.87. The van der Waals surface area contributed by atoms with Crippen molar-refractivity contribution in [1.82, 2.24) is 4.90 Å². The predicted molar refractivity (Wildman–Crippen MR) is 109 cm³/mol. The van der Waals surface area contributed by atoms with Crippen molar-refractivity contribution >= 4 is 57.6 Å². The summed E-state index contributed by atoms with van der Waals surface area (Å²) in [4.78, 5) is 35.4. The number of nitrogens with zero attached hydrogens (tertiary/aromatic N) is 3. The van der Waals surface area contributed by atoms with Crippen LogP contribution in [0.25, 0.3) is 0 Å². The third-order valence-electron chi connectivity index (χ3n) is 4.10. The molecule has 6 nitrogen and oxygen atoms in total. The Morgan fingerprint density at radius 3 is 2.89 bits per heavy atom. The van der Waals surface area contributed by atoms with Crippen LogP contribution in [0.4, 0.5) is 11.4 Å². The normalized spacial score (nSPS) is 17.8. The number of halogens is 1. The van der Waals surface area contributed by atoms with Gasteiger partial charge in [-0.05, 0) is 37.3 Å². The third kappa shape index (κ3) is 3.48. The first-order valence-corrected chi connectivity index (χ1v) is 9.67. The summed E-state index contributed by atoms with van der Waals surface area (Å²) in [6.07, 6.45) is 0. The third-order valence-corrected chi connectivity index (χ3v) is 5.27. The number of hydrogen-bond acceptors (Lipinski definition) is 5. The van der Waals surface area contributed by atoms with Gasteiger partial charge in [0.25, 0.3) is 5.91 Å². The van der Waals surface area contributed by atoms with Crippen molar-refractivity contribution in [2.24, 2.45) is 9.98 Å². The van der Waals surface area contributed by atoms with Crippen molar-refractivity contribution in [3.05, 3.63) is 59.1 Å². The maximum atomic E-state index is 12.5. The fraction of sp³-hybridized carbons (Fsp3) is 0.158. The Balaban J connectivity index is 1.53. The number of hydrogen-bond donors (Lipinski definition) is 1. The van der Waals surface area contributed by atoms with E-state index in [4.69, 9.17) is 11.6 Å². The summed E-state index contributed by atoms with van der Waals surface area (Å²) in [6.45, 7) is 1.75. The van der Waals surface area contributed by atoms with Crippen LogP contribution in [0.2, 0.25) is 5.02 Å². The molecule has 0 saturated carbocycles. The Morgan fingerprint density at radius 2 is 2.07 bits per heavy atom. The minimum atomic E-state index is -0.461. The van der Waals surface area contributed by atoms with Crippen LogP contribution in [0.15, 0.2) is 58.5 Å². The number of fused-ring (bicyclic) bond motifs is 3. The second-order valence-corrected chi connectivity index (χ2v) is 7.44. The van der Waals surface area contributed by atoms with Gasteiger partial charge in [-0.15, -0.1) is 0 Å². The SMILES string of the molecule is C[C@H]1N=C2c3ccccc3N=C(SCC(=O)Nc3cccc(Cl)c3)N2C1=O. The second-order valence-electron chi connectivity index (χ2n) is 6.06. The molecule has 0 radical (unpaired) electrons. The first-order valence-electron chi connectivity index (χ1n) is 8.31. The van der Waals surface area contributed by atoms with Crippen LogP contribution in [0.1, 0.15) is 12.5 Å². The molecule has 1 atom stereocenters. The average Bonchev–Trinajstić information content (AvgIpc) is 2.95. The van der Waals surface area contributed by atoms with Gasteiger partial charge in [-0.1, -0.05) is 41.6 Å². The van der Waals surface area contributed by atoms with Crippen LogP contribution in [0, 0.1) is 0 Å². The summed E-state index contributed by atoms with van der Waals surface area (Å²) in [6, 6.07) is 14.0. The first kappa shape index (κ1) is 17.8. The van der Waals surface area contributed by atoms with E-state index < -0.39 is 6.04 Å². The molecule has 2 aliphatic rings. The Kier molecular flexibility index (Phi) is 4.72. The molecule has 0 unspecified atom stereocenters. The Labute approximate surface area is 165 Å². The Morgan fingerprint density at radius 1 is 1.26 bits per heavy atom. The van der Waals surface area contributed by atoms with E-state index in [0.717, 1.165) is 11.3 Å². The average molecular weight is 399 g/mol. The van der Waals surface area contributed by atoms with E-state index >= 15 is 0 Å². The molecule has 2 amide bonds. The fourth-order valence-corrected chi connectivity index (χ4v) is 3.86. The minimum absolute atomic E-state index is 0.110. The van der Waals surface area contributed by atoms with Gasteiger partial charge in [0, 0.05) is 16.3 Å². The van der Waals surface area contributed by atoms with Gasteiger partial charge in [-0.2, -0.15) is 0 Å². The van der Waals surface area contributed by atoms with Crippen LogP contribution in [0.5, 0.6) is 0 Å². The molecule has 0 saturated heterocycles. The molecule has 1 N–H and O–H groups in total. The van der Waals surface area contributed by atoms with Gasteiger partial charge in [-0.25, -0.2) is 9.89 Å². The van der Waals surface area contributed by atoms with Gasteiger partial charge in [0.05, 0.1) is 11.4 Å². The summed E-state index contributed by atoms with van der Waals surface area (Å²) < 4.78 is 0. The summed E-state index contributed by atoms with van der Waals surface area (Å²) in [5, 5.41) is 3.80. The largest absolute Gasteiger partial charge is 0.325 e. The van der Waals surface area contributed by atoms with Crippen molar-refractivity contribution in [2.45, 2.75) is 13.0 Å². The molecule has 0 fully saturated rings. The van der Waals surface area contributed by atoms with E-state index in [9.17, 15) is 9.59 Å². The van der Waals surface area contributed by atoms with Crippen molar-refractivity contribution in [2.75, 3.05) is 11.1 Å². The molecule has 0 spiro atoms. The topological polar surface area (TPSA) is 74.1 Å². The molecule has 2 heterocycles. The van der Waals surface area contributed by atoms with E-state index in [2.05, 4.69) is 15.3 Å². The number of aliphatic imine (C=N–C) groups is 2. The quantitative estimate of drug-likeness (QED) is 0.856. The van der Waals surface area contributed by atoms with Crippen LogP contribution < -0.4 is 5.32 Å². The maximum absolute atomic E-state index is 12.5. The number of amides is 2. The molecule has 2 aromatic rings. The minimum Gasteiger partial charge on any atom is -0.325 e. The van der Waals surface area contributed by atoms with E-state index in [1.54, 1.807) is 31.2 Å². The molecule has 27 heavy (non-hydrogen) atoms. The number of benzene rings is 2. The lowest BCUT2D eigenvalue weighted by Crippen LogP contribution is -2.41. The molecule has 0 aromatic heterocycles. The van der Waals surface area contributed by atoms with Crippen LogP contribution in [-0.4, -0.2) is 39.5 Å². The van der Waals surface area contributed by atoms with E-state index in [0.29, 0.717) is 21.7 Å². The number of carbonyl (C=O) groups is 2. The van der Waals surface area contributed by atoms with E-state index in [1.807, 2.05) is 24.3 Å². The predicted octanol–water partition coefficient (Wildman–Crippen LogP) is 3.69. The maximum Gasteiger partial charge on any atom is 0.258 e. The van der Waals surface area contributed by atoms with Gasteiger partial charge in [-0.3, -0.25) is 14.6 Å². The van der Waals surface area contributed by atoms with Crippen molar-refractivity contribution in [3.63, 3.8) is 0 Å². The zero-order chi connectivity index (χ0) is 19.0. The van der Waals surface area contributed by atoms with Gasteiger partial charge in [0.15, 0.2) is 5.17 Å². The number of anilines is 1. The highest BCUT2D eigenvalue weighted by molar-refractivity contribution is 8.14. The second kappa shape index (κ2) is 7.17. The molecule has 2 aromatic carbocycles. The summed E-state index contributed by atoms with van der Waals surface area (Å²) in [5.41, 5.74) is 2.19. The van der Waals surface area contributed by atoms with E-state index in [1.165, 1.54) is 16.7 Å². The number of rotatable bonds is 3. The Bertz CT molecular complexity index is 1000. The monoisotopic (exact) mass is 398 g/mol. The standard InChI is InChI=1S/C19H15ClN4O2S/c1-11-18(26)24-17(21-11)14-7-2-3-8-15(14)23-19(24)27-10-16(25)22-13-6-4-5-12(20)9-13/h2-9,11H,10H2,1H3,(H,22,25)/t11-/m1/s1. The highest BCUT2D eigenvalue weighted by Crippen LogP contribution is 2.33. The van der Waals surface area contributed by atoms with Crippen LogP contribution in [0.3, 0.4) is 0 Å². The molecular weight excluding hydrogens is 384 g/mol. The molecule has 8 heteroatoms. The van der Waals surface area contributed by atoms with Crippen molar-refractivity contribution in [3.8, 4) is 0 Å². The molecule has 4 rings (SSSR count). The lowest BCUT2D eigenvalue weighted by Gasteiger charge is -2.25. The first-order chi connectivity index (χ1) is 13.0. The molecule has 136 valence electrons. The van der Waals surface area contributed by atoms with Gasteiger partial charge in [0.1, 0.15) is 11.9 Å². The molecular formula is C19H15ClN4O2S. The van der Waals surface area contributed by atoms with Crippen molar-refractivity contribution < 1.29 is 9.59 Å². The summed E-state index contributed by atoms with van der Waals surface area (Å²) in [7, 11) is 0. The zero-order valence-corrected chi connectivity index (χ0v) is 15.9. The highest BCUT2D eigenvalue weighted by Gasteiger charge is 2.39. The zero-order valence-electron chi connectivity index (χ0n) is 14.3. The molecule has 0 aliphatic carbocycles. The summed E-state index contributed by atoms with van der Waals surface area (Å²) in [5.74, 6) is 0.359. The number of nitrogens with one attached hydrogen (secondary N) is 1. The number of para-hydroxylation sites is 1. The van der Waals surface area contributed by atoms with Gasteiger partial charge < -0.3 is 5.32 Å². The Hall–Kier alpha value is -2.64. The number of amidine groups is 2. The lowest BCUT2D eigenvalue weighted by molar-refractivity contribution is -0.124. The molecule has 0 bridgehead atoms. The van der Waals surface area contributed by atoms with Crippen LogP contribution >= 0.6 is 23.4 Å². The lowest BCUT2D eigenvalue weighted by atomic mass is 10.1. The van der Waals surface area contributed by atoms with Crippen LogP contribution in [-0.2, 0) is 9.59 Å². The van der Waals surface area contributed by atoms with E-state index in [-0.39, 0.29) is 17.6 Å². The highest BCUT2D eigenvalue weighted by atomic mass is 35.5. The van der Waals surface area contributed by atoms with Crippen molar-refractivity contribution in [1.29, 1.82) is 0 Å². The summed E-state index contributed by atoms with van der Waals surface area (Å²) >= 11 is 7.14. The smallest absolute Gasteiger partial charge is 0.258 e.